The van der Waals surface area contributed by atoms with Crippen molar-refractivity contribution in [1.82, 2.24) is 0 Å². The van der Waals surface area contributed by atoms with Gasteiger partial charge in [0.1, 0.15) is 0 Å². The predicted molar refractivity (Wildman–Crippen MR) is 52.5 cm³/mol. The molecule has 0 aliphatic heterocycles. The molecular formula is C12H16O2. The van der Waals surface area contributed by atoms with Crippen LogP contribution in [0.3, 0.4) is 0 Å². The summed E-state index contributed by atoms with van der Waals surface area (Å²) < 4.78 is 5.21. The molecule has 2 atom stereocenters. The lowest BCUT2D eigenvalue weighted by Crippen LogP contribution is -2.37. The second kappa shape index (κ2) is 2.62. The molecule has 0 aromatic carbocycles. The fraction of sp³-hybridized carbons (Fsp3) is 0.750. The standard InChI is InChI=1S/C12H16O2/c1-2-11(13)14-7-12-4-8-3-9(5-12)10(8)6-12/h2,8-10H,1,3-7H2. The third-order valence-corrected chi connectivity index (χ3v) is 4.56. The van der Waals surface area contributed by atoms with Gasteiger partial charge >= 0.3 is 5.97 Å². The number of carbonyl (C=O) groups excluding carboxylic acids is 1. The Balaban J connectivity index is 1.63. The number of rotatable bonds is 3. The molecule has 14 heavy (non-hydrogen) atoms. The van der Waals surface area contributed by atoms with Crippen LogP contribution in [0.25, 0.3) is 0 Å². The molecule has 0 N–H and O–H groups in total. The van der Waals surface area contributed by atoms with Gasteiger partial charge in [-0.25, -0.2) is 4.79 Å². The van der Waals surface area contributed by atoms with Crippen molar-refractivity contribution in [2.24, 2.45) is 23.2 Å². The Morgan fingerprint density at radius 1 is 1.43 bits per heavy atom. The minimum Gasteiger partial charge on any atom is -0.462 e. The summed E-state index contributed by atoms with van der Waals surface area (Å²) in [5, 5.41) is 0. The van der Waals surface area contributed by atoms with Crippen molar-refractivity contribution < 1.29 is 9.53 Å². The Morgan fingerprint density at radius 2 is 2.14 bits per heavy atom. The zero-order chi connectivity index (χ0) is 9.76. The molecule has 76 valence electrons. The van der Waals surface area contributed by atoms with Crippen molar-refractivity contribution in [3.05, 3.63) is 12.7 Å². The number of hydrogen-bond acceptors (Lipinski definition) is 2. The fourth-order valence-corrected chi connectivity index (χ4v) is 4.05. The van der Waals surface area contributed by atoms with Crippen LogP contribution in [0.15, 0.2) is 12.7 Å². The van der Waals surface area contributed by atoms with Crippen molar-refractivity contribution in [3.63, 3.8) is 0 Å². The van der Waals surface area contributed by atoms with Crippen LogP contribution in [0.2, 0.25) is 0 Å². The third kappa shape index (κ3) is 0.999. The van der Waals surface area contributed by atoms with E-state index in [0.717, 1.165) is 17.8 Å². The van der Waals surface area contributed by atoms with Crippen LogP contribution in [0.4, 0.5) is 0 Å². The van der Waals surface area contributed by atoms with E-state index in [-0.39, 0.29) is 5.97 Å². The zero-order valence-electron chi connectivity index (χ0n) is 8.37. The number of fused-ring (bicyclic) bond motifs is 1. The van der Waals surface area contributed by atoms with Gasteiger partial charge in [-0.2, -0.15) is 0 Å². The van der Waals surface area contributed by atoms with Gasteiger partial charge in [0, 0.05) is 11.5 Å². The molecule has 0 heterocycles. The number of ether oxygens (including phenoxy) is 1. The maximum atomic E-state index is 11.0. The maximum absolute atomic E-state index is 11.0. The molecule has 3 rings (SSSR count). The molecule has 3 aliphatic rings. The zero-order valence-corrected chi connectivity index (χ0v) is 8.37. The monoisotopic (exact) mass is 192 g/mol. The van der Waals surface area contributed by atoms with Crippen LogP contribution in [-0.2, 0) is 9.53 Å². The normalized spacial score (nSPS) is 47.3. The SMILES string of the molecule is C=CC(=O)OCC12CC3CC(C1)C3C2. The molecule has 2 heteroatoms. The molecule has 3 aliphatic carbocycles. The Bertz CT molecular complexity index is 277. The number of esters is 1. The van der Waals surface area contributed by atoms with Gasteiger partial charge in [0.05, 0.1) is 6.61 Å². The van der Waals surface area contributed by atoms with Crippen LogP contribution in [0, 0.1) is 23.2 Å². The van der Waals surface area contributed by atoms with Crippen molar-refractivity contribution in [1.29, 1.82) is 0 Å². The minimum absolute atomic E-state index is 0.261. The third-order valence-electron chi connectivity index (χ3n) is 4.56. The molecular weight excluding hydrogens is 176 g/mol. The first-order valence-corrected chi connectivity index (χ1v) is 5.52. The number of carbonyl (C=O) groups is 1. The van der Waals surface area contributed by atoms with Gasteiger partial charge in [-0.15, -0.1) is 0 Å². The molecule has 2 unspecified atom stereocenters. The second-order valence-corrected chi connectivity index (χ2v) is 5.34. The van der Waals surface area contributed by atoms with Crippen molar-refractivity contribution in [2.75, 3.05) is 6.61 Å². The van der Waals surface area contributed by atoms with Gasteiger partial charge < -0.3 is 4.74 Å². The van der Waals surface area contributed by atoms with Gasteiger partial charge in [-0.05, 0) is 43.4 Å². The van der Waals surface area contributed by atoms with Crippen molar-refractivity contribution in [3.8, 4) is 0 Å². The van der Waals surface area contributed by atoms with Gasteiger partial charge in [0.25, 0.3) is 0 Å². The Morgan fingerprint density at radius 3 is 2.64 bits per heavy atom. The fourth-order valence-electron chi connectivity index (χ4n) is 4.05. The topological polar surface area (TPSA) is 26.3 Å². The van der Waals surface area contributed by atoms with Gasteiger partial charge in [0.2, 0.25) is 0 Å². The largest absolute Gasteiger partial charge is 0.462 e. The highest BCUT2D eigenvalue weighted by atomic mass is 16.5. The average molecular weight is 192 g/mol. The average Bonchev–Trinajstić information content (AvgIpc) is 2.64. The highest BCUT2D eigenvalue weighted by Gasteiger charge is 2.61. The summed E-state index contributed by atoms with van der Waals surface area (Å²) in [5.41, 5.74) is 0.372. The summed E-state index contributed by atoms with van der Waals surface area (Å²) in [6, 6.07) is 0. The Kier molecular flexibility index (Phi) is 1.59. The summed E-state index contributed by atoms with van der Waals surface area (Å²) in [6.07, 6.45) is 6.63. The lowest BCUT2D eigenvalue weighted by Gasteiger charge is -2.44. The quantitative estimate of drug-likeness (QED) is 0.506. The maximum Gasteiger partial charge on any atom is 0.330 e. The predicted octanol–water partition coefficient (Wildman–Crippen LogP) is 2.15. The van der Waals surface area contributed by atoms with Crippen LogP contribution in [0.5, 0.6) is 0 Å². The van der Waals surface area contributed by atoms with E-state index >= 15 is 0 Å². The van der Waals surface area contributed by atoms with E-state index in [2.05, 4.69) is 6.58 Å². The molecule has 2 nitrogen and oxygen atoms in total. The summed E-state index contributed by atoms with van der Waals surface area (Å²) >= 11 is 0. The molecule has 0 aromatic rings. The van der Waals surface area contributed by atoms with Crippen LogP contribution >= 0.6 is 0 Å². The van der Waals surface area contributed by atoms with Crippen LogP contribution < -0.4 is 0 Å². The van der Waals surface area contributed by atoms with Crippen molar-refractivity contribution >= 4 is 5.97 Å². The Hall–Kier alpha value is -0.790. The highest BCUT2D eigenvalue weighted by Crippen LogP contribution is 2.69. The van der Waals surface area contributed by atoms with E-state index in [9.17, 15) is 4.79 Å². The summed E-state index contributed by atoms with van der Waals surface area (Å²) in [4.78, 5) is 11.0. The molecule has 3 fully saturated rings. The molecule has 0 aromatic heterocycles. The van der Waals surface area contributed by atoms with E-state index in [4.69, 9.17) is 4.74 Å². The molecule has 0 saturated heterocycles. The lowest BCUT2D eigenvalue weighted by molar-refractivity contribution is -0.142. The van der Waals surface area contributed by atoms with Crippen molar-refractivity contribution in [2.45, 2.75) is 25.7 Å². The first-order chi connectivity index (χ1) is 6.72. The highest BCUT2D eigenvalue weighted by molar-refractivity contribution is 5.81. The van der Waals surface area contributed by atoms with Gasteiger partial charge in [-0.1, -0.05) is 6.58 Å². The molecule has 0 radical (unpaired) electrons. The van der Waals surface area contributed by atoms with E-state index in [0.29, 0.717) is 12.0 Å². The smallest absolute Gasteiger partial charge is 0.330 e. The summed E-state index contributed by atoms with van der Waals surface area (Å²) in [6.45, 7) is 4.05. The van der Waals surface area contributed by atoms with E-state index < -0.39 is 0 Å². The lowest BCUT2D eigenvalue weighted by atomic mass is 9.61. The Labute approximate surface area is 84.3 Å². The van der Waals surface area contributed by atoms with E-state index in [1.807, 2.05) is 0 Å². The van der Waals surface area contributed by atoms with Crippen LogP contribution in [0.1, 0.15) is 25.7 Å². The second-order valence-electron chi connectivity index (χ2n) is 5.34. The molecule has 2 bridgehead atoms. The number of hydrogen-bond donors (Lipinski definition) is 0. The molecule has 3 saturated carbocycles. The van der Waals surface area contributed by atoms with E-state index in [1.54, 1.807) is 0 Å². The minimum atomic E-state index is -0.261. The first-order valence-electron chi connectivity index (χ1n) is 5.52. The van der Waals surface area contributed by atoms with Gasteiger partial charge in [0.15, 0.2) is 0 Å². The van der Waals surface area contributed by atoms with Crippen LogP contribution in [-0.4, -0.2) is 12.6 Å². The van der Waals surface area contributed by atoms with E-state index in [1.165, 1.54) is 31.8 Å². The summed E-state index contributed by atoms with van der Waals surface area (Å²) in [7, 11) is 0. The summed E-state index contributed by atoms with van der Waals surface area (Å²) in [5.74, 6) is 2.66. The molecule has 0 spiro atoms. The van der Waals surface area contributed by atoms with Gasteiger partial charge in [-0.3, -0.25) is 0 Å². The first kappa shape index (κ1) is 8.51. The molecule has 0 amide bonds.